The number of fused-ring (bicyclic) bond motifs is 1. The summed E-state index contributed by atoms with van der Waals surface area (Å²) in [4.78, 5) is 13.8. The van der Waals surface area contributed by atoms with Crippen LogP contribution in [0.15, 0.2) is 12.1 Å². The number of ether oxygens (including phenoxy) is 2. The number of nitrogens with zero attached hydrogens (tertiary/aromatic N) is 1. The second-order valence-corrected chi connectivity index (χ2v) is 5.22. The number of aliphatic hydroxyl groups excluding tert-OH is 1. The molecular formula is C15H21NO4. The third-order valence-electron chi connectivity index (χ3n) is 3.06. The number of hydrogen-bond donors (Lipinski definition) is 1. The lowest BCUT2D eigenvalue weighted by molar-refractivity contribution is -0.121. The summed E-state index contributed by atoms with van der Waals surface area (Å²) in [5.74, 6) is 1.45. The Morgan fingerprint density at radius 1 is 1.45 bits per heavy atom. The lowest BCUT2D eigenvalue weighted by Gasteiger charge is -2.32. The van der Waals surface area contributed by atoms with E-state index in [-0.39, 0.29) is 19.1 Å². The number of amides is 1. The number of anilines is 1. The molecular weight excluding hydrogens is 258 g/mol. The van der Waals surface area contributed by atoms with Gasteiger partial charge in [0, 0.05) is 6.54 Å². The Kier molecular flexibility index (Phi) is 4.49. The predicted molar refractivity (Wildman–Crippen MR) is 76.2 cm³/mol. The average molecular weight is 279 g/mol. The lowest BCUT2D eigenvalue weighted by atomic mass is 10.1. The van der Waals surface area contributed by atoms with Gasteiger partial charge >= 0.3 is 0 Å². The molecule has 0 radical (unpaired) electrons. The highest BCUT2D eigenvalue weighted by Gasteiger charge is 2.29. The van der Waals surface area contributed by atoms with Crippen molar-refractivity contribution >= 4 is 11.6 Å². The number of benzene rings is 1. The Bertz CT molecular complexity index is 499. The molecule has 1 aromatic rings. The van der Waals surface area contributed by atoms with E-state index in [0.717, 1.165) is 0 Å². The van der Waals surface area contributed by atoms with Crippen LogP contribution in [-0.2, 0) is 11.4 Å². The van der Waals surface area contributed by atoms with Crippen LogP contribution in [0.5, 0.6) is 11.5 Å². The van der Waals surface area contributed by atoms with E-state index in [1.807, 2.05) is 6.92 Å². The zero-order valence-corrected chi connectivity index (χ0v) is 12.2. The van der Waals surface area contributed by atoms with Crippen molar-refractivity contribution < 1.29 is 19.4 Å². The smallest absolute Gasteiger partial charge is 0.265 e. The fourth-order valence-electron chi connectivity index (χ4n) is 2.25. The monoisotopic (exact) mass is 279 g/mol. The third kappa shape index (κ3) is 2.88. The molecule has 0 atom stereocenters. The summed E-state index contributed by atoms with van der Waals surface area (Å²) < 4.78 is 11.1. The molecule has 0 saturated carbocycles. The maximum atomic E-state index is 12.1. The van der Waals surface area contributed by atoms with Crippen molar-refractivity contribution in [1.82, 2.24) is 0 Å². The summed E-state index contributed by atoms with van der Waals surface area (Å²) in [6.07, 6.45) is 0. The van der Waals surface area contributed by atoms with Crippen molar-refractivity contribution in [3.05, 3.63) is 17.7 Å². The highest BCUT2D eigenvalue weighted by atomic mass is 16.5. The SMILES string of the molecule is CCOc1cc(CO)cc2c1OCC(=O)N2CC(C)C. The fourth-order valence-corrected chi connectivity index (χ4v) is 2.25. The van der Waals surface area contributed by atoms with Gasteiger partial charge in [-0.05, 0) is 30.5 Å². The molecule has 1 aliphatic heterocycles. The standard InChI is InChI=1S/C15H21NO4/c1-4-19-13-6-11(8-17)5-12-15(13)20-9-14(18)16(12)7-10(2)3/h5-6,10,17H,4,7-9H2,1-3H3. The Labute approximate surface area is 119 Å². The summed E-state index contributed by atoms with van der Waals surface area (Å²) >= 11 is 0. The van der Waals surface area contributed by atoms with Crippen molar-refractivity contribution in [1.29, 1.82) is 0 Å². The molecule has 0 saturated heterocycles. The zero-order chi connectivity index (χ0) is 14.7. The molecule has 1 aromatic carbocycles. The van der Waals surface area contributed by atoms with Crippen LogP contribution in [-0.4, -0.2) is 30.8 Å². The first-order valence-corrected chi connectivity index (χ1v) is 6.90. The topological polar surface area (TPSA) is 59.0 Å². The first-order valence-electron chi connectivity index (χ1n) is 6.90. The number of carbonyl (C=O) groups excluding carboxylic acids is 1. The Balaban J connectivity index is 2.48. The van der Waals surface area contributed by atoms with Gasteiger partial charge in [0.1, 0.15) is 0 Å². The maximum Gasteiger partial charge on any atom is 0.265 e. The Morgan fingerprint density at radius 2 is 2.20 bits per heavy atom. The van der Waals surface area contributed by atoms with Crippen molar-refractivity contribution in [2.24, 2.45) is 5.92 Å². The summed E-state index contributed by atoms with van der Waals surface area (Å²) in [5, 5.41) is 9.37. The summed E-state index contributed by atoms with van der Waals surface area (Å²) in [6, 6.07) is 3.54. The van der Waals surface area contributed by atoms with Crippen molar-refractivity contribution in [3.8, 4) is 11.5 Å². The summed E-state index contributed by atoms with van der Waals surface area (Å²) in [5.41, 5.74) is 1.39. The lowest BCUT2D eigenvalue weighted by Crippen LogP contribution is -2.41. The quantitative estimate of drug-likeness (QED) is 0.895. The second-order valence-electron chi connectivity index (χ2n) is 5.22. The molecule has 2 rings (SSSR count). The molecule has 0 spiro atoms. The highest BCUT2D eigenvalue weighted by Crippen LogP contribution is 2.41. The van der Waals surface area contributed by atoms with Gasteiger partial charge in [-0.25, -0.2) is 0 Å². The minimum absolute atomic E-state index is 0.0261. The van der Waals surface area contributed by atoms with Gasteiger partial charge in [-0.3, -0.25) is 4.79 Å². The third-order valence-corrected chi connectivity index (χ3v) is 3.06. The minimum atomic E-state index is -0.100. The second kappa shape index (κ2) is 6.13. The summed E-state index contributed by atoms with van der Waals surface area (Å²) in [6.45, 7) is 7.05. The van der Waals surface area contributed by atoms with Gasteiger partial charge in [0.25, 0.3) is 5.91 Å². The number of rotatable bonds is 5. The Morgan fingerprint density at radius 3 is 2.80 bits per heavy atom. The molecule has 0 aromatic heterocycles. The molecule has 0 fully saturated rings. The van der Waals surface area contributed by atoms with Gasteiger partial charge < -0.3 is 19.5 Å². The van der Waals surface area contributed by atoms with Crippen LogP contribution in [0.1, 0.15) is 26.3 Å². The Hall–Kier alpha value is -1.75. The first kappa shape index (κ1) is 14.7. The van der Waals surface area contributed by atoms with E-state index in [9.17, 15) is 9.90 Å². The zero-order valence-electron chi connectivity index (χ0n) is 12.2. The van der Waals surface area contributed by atoms with Crippen LogP contribution in [0.3, 0.4) is 0 Å². The van der Waals surface area contributed by atoms with Crippen molar-refractivity contribution in [2.75, 3.05) is 24.7 Å². The van der Waals surface area contributed by atoms with Crippen molar-refractivity contribution in [2.45, 2.75) is 27.4 Å². The van der Waals surface area contributed by atoms with Crippen LogP contribution in [0.4, 0.5) is 5.69 Å². The largest absolute Gasteiger partial charge is 0.490 e. The molecule has 0 unspecified atom stereocenters. The van der Waals surface area contributed by atoms with Gasteiger partial charge in [0.15, 0.2) is 18.1 Å². The molecule has 1 aliphatic rings. The van der Waals surface area contributed by atoms with Gasteiger partial charge in [-0.15, -0.1) is 0 Å². The molecule has 1 amide bonds. The van der Waals surface area contributed by atoms with Crippen LogP contribution in [0, 0.1) is 5.92 Å². The van der Waals surface area contributed by atoms with Crippen molar-refractivity contribution in [3.63, 3.8) is 0 Å². The molecule has 1 N–H and O–H groups in total. The molecule has 5 heteroatoms. The molecule has 20 heavy (non-hydrogen) atoms. The molecule has 110 valence electrons. The van der Waals surface area contributed by atoms with Gasteiger partial charge in [-0.1, -0.05) is 13.8 Å². The average Bonchev–Trinajstić information content (AvgIpc) is 2.41. The summed E-state index contributed by atoms with van der Waals surface area (Å²) in [7, 11) is 0. The van der Waals surface area contributed by atoms with Gasteiger partial charge in [-0.2, -0.15) is 0 Å². The predicted octanol–water partition coefficient (Wildman–Crippen LogP) is 1.96. The molecule has 5 nitrogen and oxygen atoms in total. The number of aliphatic hydroxyl groups is 1. The highest BCUT2D eigenvalue weighted by molar-refractivity contribution is 5.98. The van der Waals surface area contributed by atoms with E-state index < -0.39 is 0 Å². The van der Waals surface area contributed by atoms with Gasteiger partial charge in [0.2, 0.25) is 0 Å². The van der Waals surface area contributed by atoms with E-state index in [0.29, 0.717) is 41.8 Å². The molecule has 0 aliphatic carbocycles. The minimum Gasteiger partial charge on any atom is -0.490 e. The first-order chi connectivity index (χ1) is 9.56. The van der Waals surface area contributed by atoms with E-state index in [4.69, 9.17) is 9.47 Å². The normalized spacial score (nSPS) is 14.2. The number of hydrogen-bond acceptors (Lipinski definition) is 4. The molecule has 1 heterocycles. The van der Waals surface area contributed by atoms with E-state index in [1.54, 1.807) is 17.0 Å². The van der Waals surface area contributed by atoms with Crippen LogP contribution in [0.25, 0.3) is 0 Å². The maximum absolute atomic E-state index is 12.1. The molecule has 0 bridgehead atoms. The van der Waals surface area contributed by atoms with E-state index in [2.05, 4.69) is 13.8 Å². The van der Waals surface area contributed by atoms with Crippen LogP contribution >= 0.6 is 0 Å². The fraction of sp³-hybridized carbons (Fsp3) is 0.533. The van der Waals surface area contributed by atoms with Crippen LogP contribution < -0.4 is 14.4 Å². The number of carbonyl (C=O) groups is 1. The van der Waals surface area contributed by atoms with E-state index >= 15 is 0 Å². The van der Waals surface area contributed by atoms with Gasteiger partial charge in [0.05, 0.1) is 18.9 Å². The van der Waals surface area contributed by atoms with E-state index in [1.165, 1.54) is 0 Å². The van der Waals surface area contributed by atoms with Crippen LogP contribution in [0.2, 0.25) is 0 Å².